The minimum atomic E-state index is 0.131. The molecule has 0 saturated carbocycles. The molecule has 0 unspecified atom stereocenters. The summed E-state index contributed by atoms with van der Waals surface area (Å²) in [7, 11) is 0. The van der Waals surface area contributed by atoms with Crippen molar-refractivity contribution in [3.63, 3.8) is 0 Å². The second-order valence-electron chi connectivity index (χ2n) is 6.80. The highest BCUT2D eigenvalue weighted by Crippen LogP contribution is 2.38. The summed E-state index contributed by atoms with van der Waals surface area (Å²) in [6.07, 6.45) is 3.63. The SMILES string of the molecule is CCOc1cc(C=C2CCc3c(C)cc(C)cc3C2=O)cc(Br)c1OCC. The molecule has 0 N–H and O–H groups in total. The number of carbonyl (C=O) groups excluding carboxylic acids is 1. The van der Waals surface area contributed by atoms with Gasteiger partial charge in [0.25, 0.3) is 0 Å². The Kier molecular flexibility index (Phi) is 6.05. The Labute approximate surface area is 169 Å². The van der Waals surface area contributed by atoms with E-state index in [0.29, 0.717) is 24.7 Å². The predicted molar refractivity (Wildman–Crippen MR) is 113 cm³/mol. The molecular formula is C23H25BrO3. The lowest BCUT2D eigenvalue weighted by Gasteiger charge is -2.20. The minimum absolute atomic E-state index is 0.131. The van der Waals surface area contributed by atoms with E-state index in [1.807, 2.05) is 45.0 Å². The van der Waals surface area contributed by atoms with Crippen molar-refractivity contribution in [3.05, 3.63) is 62.1 Å². The molecule has 0 spiro atoms. The second-order valence-corrected chi connectivity index (χ2v) is 7.66. The van der Waals surface area contributed by atoms with Gasteiger partial charge in [-0.15, -0.1) is 0 Å². The fourth-order valence-electron chi connectivity index (χ4n) is 3.64. The van der Waals surface area contributed by atoms with Crippen molar-refractivity contribution in [2.24, 2.45) is 0 Å². The zero-order valence-electron chi connectivity index (χ0n) is 16.3. The first-order valence-corrected chi connectivity index (χ1v) is 10.2. The summed E-state index contributed by atoms with van der Waals surface area (Å²) in [5, 5.41) is 0. The smallest absolute Gasteiger partial charge is 0.189 e. The van der Waals surface area contributed by atoms with Gasteiger partial charge in [0.15, 0.2) is 17.3 Å². The van der Waals surface area contributed by atoms with Gasteiger partial charge < -0.3 is 9.47 Å². The summed E-state index contributed by atoms with van der Waals surface area (Å²) >= 11 is 3.57. The molecule has 0 fully saturated rings. The number of rotatable bonds is 5. The van der Waals surface area contributed by atoms with Crippen molar-refractivity contribution in [3.8, 4) is 11.5 Å². The second kappa shape index (κ2) is 8.30. The molecule has 0 saturated heterocycles. The molecule has 0 bridgehead atoms. The number of hydrogen-bond acceptors (Lipinski definition) is 3. The molecule has 0 atom stereocenters. The predicted octanol–water partition coefficient (Wildman–Crippen LogP) is 6.08. The normalized spacial score (nSPS) is 15.0. The standard InChI is InChI=1S/C23H25BrO3/c1-5-26-21-13-16(12-20(24)23(21)27-6-2)11-17-7-8-18-15(4)9-14(3)10-19(18)22(17)25/h9-13H,5-8H2,1-4H3. The van der Waals surface area contributed by atoms with Gasteiger partial charge in [-0.05, 0) is 97.4 Å². The molecule has 142 valence electrons. The van der Waals surface area contributed by atoms with Crippen LogP contribution in [0.3, 0.4) is 0 Å². The minimum Gasteiger partial charge on any atom is -0.490 e. The number of fused-ring (bicyclic) bond motifs is 1. The van der Waals surface area contributed by atoms with Gasteiger partial charge in [-0.3, -0.25) is 4.79 Å². The van der Waals surface area contributed by atoms with Crippen LogP contribution in [0.15, 0.2) is 34.3 Å². The highest BCUT2D eigenvalue weighted by molar-refractivity contribution is 9.10. The zero-order valence-corrected chi connectivity index (χ0v) is 17.9. The maximum Gasteiger partial charge on any atom is 0.189 e. The summed E-state index contributed by atoms with van der Waals surface area (Å²) in [6, 6.07) is 8.08. The van der Waals surface area contributed by atoms with Gasteiger partial charge in [0, 0.05) is 11.1 Å². The first-order valence-electron chi connectivity index (χ1n) is 9.39. The lowest BCUT2D eigenvalue weighted by atomic mass is 9.83. The van der Waals surface area contributed by atoms with Crippen LogP contribution in [0.1, 0.15) is 52.9 Å². The molecule has 0 aromatic heterocycles. The third-order valence-electron chi connectivity index (χ3n) is 4.76. The van der Waals surface area contributed by atoms with Crippen molar-refractivity contribution in [1.29, 1.82) is 0 Å². The van der Waals surface area contributed by atoms with Gasteiger partial charge >= 0.3 is 0 Å². The van der Waals surface area contributed by atoms with Crippen LogP contribution in [-0.2, 0) is 6.42 Å². The Morgan fingerprint density at radius 2 is 1.78 bits per heavy atom. The molecule has 1 aliphatic rings. The number of allylic oxidation sites excluding steroid dienone is 1. The van der Waals surface area contributed by atoms with E-state index in [-0.39, 0.29) is 5.78 Å². The lowest BCUT2D eigenvalue weighted by molar-refractivity contribution is 0.102. The summed E-state index contributed by atoms with van der Waals surface area (Å²) in [5.41, 5.74) is 6.14. The number of Topliss-reactive ketones (excluding diaryl/α,β-unsaturated/α-hetero) is 1. The zero-order chi connectivity index (χ0) is 19.6. The number of hydrogen-bond donors (Lipinski definition) is 0. The van der Waals surface area contributed by atoms with Crippen LogP contribution in [0.25, 0.3) is 6.08 Å². The summed E-state index contributed by atoms with van der Waals surface area (Å²) < 4.78 is 12.3. The van der Waals surface area contributed by atoms with Crippen LogP contribution in [0.4, 0.5) is 0 Å². The molecule has 4 heteroatoms. The van der Waals surface area contributed by atoms with Crippen molar-refractivity contribution < 1.29 is 14.3 Å². The first kappa shape index (κ1) is 19.7. The van der Waals surface area contributed by atoms with Crippen molar-refractivity contribution >= 4 is 27.8 Å². The Morgan fingerprint density at radius 1 is 1.04 bits per heavy atom. The number of halogens is 1. The van der Waals surface area contributed by atoms with Crippen LogP contribution in [0.5, 0.6) is 11.5 Å². The summed E-state index contributed by atoms with van der Waals surface area (Å²) in [5.74, 6) is 1.52. The summed E-state index contributed by atoms with van der Waals surface area (Å²) in [6.45, 7) is 9.13. The third-order valence-corrected chi connectivity index (χ3v) is 5.35. The maximum atomic E-state index is 13.1. The van der Waals surface area contributed by atoms with Crippen LogP contribution < -0.4 is 9.47 Å². The molecule has 0 radical (unpaired) electrons. The van der Waals surface area contributed by atoms with E-state index in [1.54, 1.807) is 0 Å². The average Bonchev–Trinajstić information content (AvgIpc) is 2.61. The number of ketones is 1. The fraction of sp³-hybridized carbons (Fsp3) is 0.348. The van der Waals surface area contributed by atoms with Gasteiger partial charge in [0.1, 0.15) is 0 Å². The van der Waals surface area contributed by atoms with Gasteiger partial charge in [-0.2, -0.15) is 0 Å². The molecule has 2 aromatic carbocycles. The Hall–Kier alpha value is -2.07. The molecule has 27 heavy (non-hydrogen) atoms. The highest BCUT2D eigenvalue weighted by atomic mass is 79.9. The Balaban J connectivity index is 2.00. The van der Waals surface area contributed by atoms with Gasteiger partial charge in [-0.1, -0.05) is 11.6 Å². The molecule has 0 heterocycles. The van der Waals surface area contributed by atoms with Crippen molar-refractivity contribution in [2.45, 2.75) is 40.5 Å². The van der Waals surface area contributed by atoms with Crippen molar-refractivity contribution in [2.75, 3.05) is 13.2 Å². The maximum absolute atomic E-state index is 13.1. The Bertz CT molecular complexity index is 912. The number of benzene rings is 2. The highest BCUT2D eigenvalue weighted by Gasteiger charge is 2.23. The number of ether oxygens (including phenoxy) is 2. The molecule has 0 aliphatic heterocycles. The molecule has 3 nitrogen and oxygen atoms in total. The van der Waals surface area contributed by atoms with Crippen LogP contribution in [0, 0.1) is 13.8 Å². The molecule has 3 rings (SSSR count). The first-order chi connectivity index (χ1) is 12.9. The monoisotopic (exact) mass is 428 g/mol. The third kappa shape index (κ3) is 4.11. The van der Waals surface area contributed by atoms with Gasteiger partial charge in [0.05, 0.1) is 17.7 Å². The molecule has 0 amide bonds. The van der Waals surface area contributed by atoms with E-state index >= 15 is 0 Å². The van der Waals surface area contributed by atoms with E-state index in [1.165, 1.54) is 11.1 Å². The average molecular weight is 429 g/mol. The molecule has 1 aliphatic carbocycles. The molecule has 2 aromatic rings. The van der Waals surface area contributed by atoms with Crippen LogP contribution >= 0.6 is 15.9 Å². The quantitative estimate of drug-likeness (QED) is 0.541. The van der Waals surface area contributed by atoms with E-state index in [4.69, 9.17) is 9.47 Å². The van der Waals surface area contributed by atoms with Gasteiger partial charge in [-0.25, -0.2) is 0 Å². The summed E-state index contributed by atoms with van der Waals surface area (Å²) in [4.78, 5) is 13.1. The van der Waals surface area contributed by atoms with E-state index in [2.05, 4.69) is 28.9 Å². The fourth-order valence-corrected chi connectivity index (χ4v) is 4.21. The van der Waals surface area contributed by atoms with E-state index in [9.17, 15) is 4.79 Å². The van der Waals surface area contributed by atoms with Crippen LogP contribution in [0.2, 0.25) is 0 Å². The van der Waals surface area contributed by atoms with Gasteiger partial charge in [0.2, 0.25) is 0 Å². The van der Waals surface area contributed by atoms with E-state index < -0.39 is 0 Å². The van der Waals surface area contributed by atoms with E-state index in [0.717, 1.165) is 39.6 Å². The van der Waals surface area contributed by atoms with Crippen LogP contribution in [-0.4, -0.2) is 19.0 Å². The lowest BCUT2D eigenvalue weighted by Crippen LogP contribution is -2.15. The Morgan fingerprint density at radius 3 is 2.48 bits per heavy atom. The molecular weight excluding hydrogens is 404 g/mol. The largest absolute Gasteiger partial charge is 0.490 e. The number of carbonyl (C=O) groups is 1. The topological polar surface area (TPSA) is 35.5 Å². The van der Waals surface area contributed by atoms with Crippen molar-refractivity contribution in [1.82, 2.24) is 0 Å². The number of aryl methyl sites for hydroxylation is 2.